The molecule has 8 heteroatoms. The second kappa shape index (κ2) is 6.76. The molecule has 0 saturated heterocycles. The number of carbonyl (C=O) groups excluding carboxylic acids is 1. The molecule has 126 valence electrons. The molecule has 0 atom stereocenters. The third-order valence-electron chi connectivity index (χ3n) is 3.23. The quantitative estimate of drug-likeness (QED) is 0.640. The predicted octanol–water partition coefficient (Wildman–Crippen LogP) is 2.19. The number of aryl methyl sites for hydroxylation is 1. The summed E-state index contributed by atoms with van der Waals surface area (Å²) in [7, 11) is 1.14. The minimum Gasteiger partial charge on any atom is -0.507 e. The van der Waals surface area contributed by atoms with Crippen molar-refractivity contribution >= 4 is 39.5 Å². The van der Waals surface area contributed by atoms with Crippen molar-refractivity contribution in [2.24, 2.45) is 0 Å². The van der Waals surface area contributed by atoms with Gasteiger partial charge >= 0.3 is 11.9 Å². The van der Waals surface area contributed by atoms with Gasteiger partial charge in [0.2, 0.25) is 5.43 Å². The molecule has 1 aromatic heterocycles. The fraction of sp³-hybridized carbons (Fsp3) is 0.188. The van der Waals surface area contributed by atoms with Crippen LogP contribution in [0, 0.1) is 6.92 Å². The summed E-state index contributed by atoms with van der Waals surface area (Å²) in [5.74, 6) is -2.66. The number of carboxylic acids is 1. The number of aromatic hydroxyl groups is 1. The summed E-state index contributed by atoms with van der Waals surface area (Å²) in [6.45, 7) is 1.68. The molecule has 0 fully saturated rings. The molecule has 0 unspecified atom stereocenters. The van der Waals surface area contributed by atoms with E-state index in [0.717, 1.165) is 7.11 Å². The number of rotatable bonds is 4. The van der Waals surface area contributed by atoms with Gasteiger partial charge in [0.15, 0.2) is 5.76 Å². The van der Waals surface area contributed by atoms with Gasteiger partial charge in [0.05, 0.1) is 24.1 Å². The van der Waals surface area contributed by atoms with Crippen LogP contribution in [0.5, 0.6) is 5.75 Å². The Morgan fingerprint density at radius 3 is 2.62 bits per heavy atom. The Bertz CT molecular complexity index is 924. The number of phenolic OH excluding ortho intramolecular Hbond substituents is 1. The smallest absolute Gasteiger partial charge is 0.329 e. The summed E-state index contributed by atoms with van der Waals surface area (Å²) in [6, 6.07) is 2.86. The number of ether oxygens (including phenoxy) is 1. The van der Waals surface area contributed by atoms with Crippen LogP contribution < -0.4 is 5.43 Å². The minimum atomic E-state index is -1.35. The number of fused-ring (bicyclic) bond motifs is 1. The Balaban J connectivity index is 2.87. The van der Waals surface area contributed by atoms with E-state index >= 15 is 0 Å². The van der Waals surface area contributed by atoms with Gasteiger partial charge in [-0.05, 0) is 24.6 Å². The molecular weight excluding hydrogens is 340 g/mol. The van der Waals surface area contributed by atoms with Gasteiger partial charge in [0.1, 0.15) is 16.7 Å². The van der Waals surface area contributed by atoms with E-state index in [1.54, 1.807) is 6.92 Å². The third kappa shape index (κ3) is 3.41. The van der Waals surface area contributed by atoms with E-state index < -0.39 is 23.8 Å². The maximum atomic E-state index is 12.7. The molecule has 2 N–H and O–H groups in total. The van der Waals surface area contributed by atoms with Crippen molar-refractivity contribution in [3.8, 4) is 5.75 Å². The normalized spacial score (nSPS) is 11.5. The van der Waals surface area contributed by atoms with Crippen molar-refractivity contribution in [2.75, 3.05) is 7.11 Å². The minimum absolute atomic E-state index is 0.0260. The molecule has 0 saturated carbocycles. The number of halogens is 1. The molecule has 1 aromatic carbocycles. The number of phenols is 1. The molecule has 2 aromatic rings. The first-order chi connectivity index (χ1) is 11.2. The van der Waals surface area contributed by atoms with Gasteiger partial charge in [-0.2, -0.15) is 0 Å². The number of hydrogen-bond acceptors (Lipinski definition) is 6. The van der Waals surface area contributed by atoms with Crippen LogP contribution in [0.1, 0.15) is 16.9 Å². The number of aliphatic carboxylic acids is 1. The lowest BCUT2D eigenvalue weighted by Crippen LogP contribution is -2.17. The predicted molar refractivity (Wildman–Crippen MR) is 86.1 cm³/mol. The molecule has 0 aliphatic heterocycles. The van der Waals surface area contributed by atoms with Crippen molar-refractivity contribution in [2.45, 2.75) is 13.3 Å². The van der Waals surface area contributed by atoms with E-state index in [4.69, 9.17) is 21.1 Å². The van der Waals surface area contributed by atoms with E-state index in [1.165, 1.54) is 12.1 Å². The molecular formula is C16H13ClO7. The van der Waals surface area contributed by atoms with Crippen molar-refractivity contribution < 1.29 is 29.0 Å². The van der Waals surface area contributed by atoms with Gasteiger partial charge in [-0.15, -0.1) is 0 Å². The lowest BCUT2D eigenvalue weighted by molar-refractivity contribution is -0.139. The summed E-state index contributed by atoms with van der Waals surface area (Å²) in [4.78, 5) is 35.0. The Morgan fingerprint density at radius 2 is 2.04 bits per heavy atom. The average Bonchev–Trinajstić information content (AvgIpc) is 2.47. The second-order valence-corrected chi connectivity index (χ2v) is 5.39. The second-order valence-electron chi connectivity index (χ2n) is 4.98. The first-order valence-electron chi connectivity index (χ1n) is 6.71. The average molecular weight is 353 g/mol. The van der Waals surface area contributed by atoms with Gasteiger partial charge in [-0.3, -0.25) is 9.59 Å². The molecule has 1 heterocycles. The Morgan fingerprint density at radius 1 is 1.38 bits per heavy atom. The first kappa shape index (κ1) is 17.6. The van der Waals surface area contributed by atoms with Crippen LogP contribution in [0.25, 0.3) is 16.0 Å². The maximum absolute atomic E-state index is 12.7. The highest BCUT2D eigenvalue weighted by atomic mass is 35.5. The van der Waals surface area contributed by atoms with Crippen molar-refractivity contribution in [1.82, 2.24) is 0 Å². The number of esters is 1. The number of methoxy groups -OCH3 is 1. The summed E-state index contributed by atoms with van der Waals surface area (Å²) < 4.78 is 10.0. The molecule has 24 heavy (non-hydrogen) atoms. The summed E-state index contributed by atoms with van der Waals surface area (Å²) >= 11 is 5.92. The van der Waals surface area contributed by atoms with Crippen LogP contribution >= 0.6 is 11.6 Å². The first-order valence-corrected chi connectivity index (χ1v) is 7.09. The Kier molecular flexibility index (Phi) is 4.94. The lowest BCUT2D eigenvalue weighted by atomic mass is 10.0. The summed E-state index contributed by atoms with van der Waals surface area (Å²) in [6.07, 6.45) is 0.156. The van der Waals surface area contributed by atoms with Crippen LogP contribution in [0.4, 0.5) is 0 Å². The summed E-state index contributed by atoms with van der Waals surface area (Å²) in [5, 5.41) is 18.3. The zero-order valence-corrected chi connectivity index (χ0v) is 13.5. The maximum Gasteiger partial charge on any atom is 0.329 e. The standard InChI is InChI=1S/C16H13ClO7/c1-7-3-10(18)14-11(4-7)24-16(9(17)6-12(19)20)8(15(14)22)5-13(21)23-2/h3-4,6,18H,5H2,1-2H3,(H,19,20). The SMILES string of the molecule is COC(=O)Cc1c(C(Cl)=CC(=O)O)oc2cc(C)cc(O)c2c1=O. The molecule has 2 rings (SSSR count). The van der Waals surface area contributed by atoms with Gasteiger partial charge < -0.3 is 19.4 Å². The van der Waals surface area contributed by atoms with Crippen molar-refractivity contribution in [3.05, 3.63) is 45.3 Å². The highest BCUT2D eigenvalue weighted by molar-refractivity contribution is 6.49. The number of carboxylic acid groups (broad SMARTS) is 1. The lowest BCUT2D eigenvalue weighted by Gasteiger charge is -2.10. The Hall–Kier alpha value is -2.80. The van der Waals surface area contributed by atoms with Crippen LogP contribution in [0.2, 0.25) is 0 Å². The van der Waals surface area contributed by atoms with Crippen LogP contribution in [0.15, 0.2) is 27.4 Å². The molecule has 0 aliphatic rings. The highest BCUT2D eigenvalue weighted by Crippen LogP contribution is 2.30. The van der Waals surface area contributed by atoms with E-state index in [2.05, 4.69) is 4.74 Å². The molecule has 0 spiro atoms. The fourth-order valence-electron chi connectivity index (χ4n) is 2.21. The van der Waals surface area contributed by atoms with Gasteiger partial charge in [0, 0.05) is 6.08 Å². The largest absolute Gasteiger partial charge is 0.507 e. The number of benzene rings is 1. The van der Waals surface area contributed by atoms with Gasteiger partial charge in [-0.1, -0.05) is 11.6 Å². The van der Waals surface area contributed by atoms with Crippen LogP contribution in [-0.4, -0.2) is 29.3 Å². The van der Waals surface area contributed by atoms with Crippen molar-refractivity contribution in [3.63, 3.8) is 0 Å². The van der Waals surface area contributed by atoms with Gasteiger partial charge in [-0.25, -0.2) is 4.79 Å². The fourth-order valence-corrected chi connectivity index (χ4v) is 2.46. The molecule has 7 nitrogen and oxygen atoms in total. The summed E-state index contributed by atoms with van der Waals surface area (Å²) in [5.41, 5.74) is -0.242. The van der Waals surface area contributed by atoms with E-state index in [9.17, 15) is 19.5 Å². The number of hydrogen-bond donors (Lipinski definition) is 2. The third-order valence-corrected chi connectivity index (χ3v) is 3.51. The monoisotopic (exact) mass is 352 g/mol. The zero-order chi connectivity index (χ0) is 18.0. The highest BCUT2D eigenvalue weighted by Gasteiger charge is 2.22. The van der Waals surface area contributed by atoms with Crippen molar-refractivity contribution in [1.29, 1.82) is 0 Å². The van der Waals surface area contributed by atoms with Crippen LogP contribution in [-0.2, 0) is 20.7 Å². The van der Waals surface area contributed by atoms with E-state index in [0.29, 0.717) is 11.6 Å². The van der Waals surface area contributed by atoms with E-state index in [1.807, 2.05) is 0 Å². The zero-order valence-electron chi connectivity index (χ0n) is 12.8. The molecule has 0 radical (unpaired) electrons. The van der Waals surface area contributed by atoms with Gasteiger partial charge in [0.25, 0.3) is 0 Å². The van der Waals surface area contributed by atoms with Crippen LogP contribution in [0.3, 0.4) is 0 Å². The molecule has 0 aliphatic carbocycles. The molecule has 0 amide bonds. The Labute approximate surface area is 140 Å². The molecule has 0 bridgehead atoms. The topological polar surface area (TPSA) is 114 Å². The number of carbonyl (C=O) groups is 2. The van der Waals surface area contributed by atoms with E-state index in [-0.39, 0.29) is 33.1 Å².